The lowest BCUT2D eigenvalue weighted by Crippen LogP contribution is -2.59. The fourth-order valence-electron chi connectivity index (χ4n) is 11.6. The van der Waals surface area contributed by atoms with Crippen LogP contribution in [0.15, 0.2) is 121 Å². The number of nitrogens with zero attached hydrogens (tertiary/aromatic N) is 2. The molecule has 2 saturated heterocycles. The number of amides is 2. The van der Waals surface area contributed by atoms with E-state index in [1.54, 1.807) is 0 Å². The molecule has 2 unspecified atom stereocenters. The molecule has 0 aromatic heterocycles. The molecule has 4 aliphatic heterocycles. The van der Waals surface area contributed by atoms with Crippen LogP contribution in [0.2, 0.25) is 0 Å². The summed E-state index contributed by atoms with van der Waals surface area (Å²) in [5, 5.41) is 71.1. The number of fused-ring (bicyclic) bond motifs is 6. The van der Waals surface area contributed by atoms with E-state index >= 15 is 0 Å². The van der Waals surface area contributed by atoms with Crippen molar-refractivity contribution in [1.29, 1.82) is 0 Å². The van der Waals surface area contributed by atoms with Gasteiger partial charge in [0, 0.05) is 74.2 Å². The number of rotatable bonds is 20. The van der Waals surface area contributed by atoms with Crippen LogP contribution < -0.4 is 15.5 Å². The lowest BCUT2D eigenvalue weighted by atomic mass is 9.79. The third kappa shape index (κ3) is 11.5. The zero-order valence-corrected chi connectivity index (χ0v) is 44.7. The fourth-order valence-corrected chi connectivity index (χ4v) is 11.6. The van der Waals surface area contributed by atoms with Gasteiger partial charge in [0.15, 0.2) is 12.0 Å². The van der Waals surface area contributed by atoms with Gasteiger partial charge >= 0.3 is 0 Å². The first-order chi connectivity index (χ1) is 36.4. The van der Waals surface area contributed by atoms with Crippen molar-refractivity contribution in [3.63, 3.8) is 0 Å². The molecule has 4 aromatic rings. The molecular weight excluding hydrogens is 969 g/mol. The quantitative estimate of drug-likeness (QED) is 0.0323. The predicted molar refractivity (Wildman–Crippen MR) is 293 cm³/mol. The number of ether oxygens (including phenoxy) is 4. The highest BCUT2D eigenvalue weighted by Crippen LogP contribution is 2.52. The van der Waals surface area contributed by atoms with Crippen molar-refractivity contribution in [1.82, 2.24) is 10.6 Å². The second-order valence-electron chi connectivity index (χ2n) is 21.4. The van der Waals surface area contributed by atoms with Gasteiger partial charge in [0.25, 0.3) is 5.91 Å². The van der Waals surface area contributed by atoms with E-state index in [0.717, 1.165) is 55.5 Å². The highest BCUT2D eigenvalue weighted by atomic mass is 16.7. The molecule has 0 radical (unpaired) electrons. The van der Waals surface area contributed by atoms with Crippen LogP contribution in [0.25, 0.3) is 21.5 Å². The van der Waals surface area contributed by atoms with Gasteiger partial charge in [-0.3, -0.25) is 9.59 Å². The Morgan fingerprint density at radius 3 is 2.00 bits per heavy atom. The molecular formula is C60H77N4O12+. The van der Waals surface area contributed by atoms with Crippen molar-refractivity contribution in [2.24, 2.45) is 0 Å². The molecule has 4 aromatic carbocycles. The van der Waals surface area contributed by atoms with Crippen molar-refractivity contribution < 1.29 is 63.8 Å². The summed E-state index contributed by atoms with van der Waals surface area (Å²) in [7, 11) is 0. The Kier molecular flexibility index (Phi) is 18.1. The third-order valence-corrected chi connectivity index (χ3v) is 15.5. The monoisotopic (exact) mass is 1050 g/mol. The van der Waals surface area contributed by atoms with Gasteiger partial charge in [-0.05, 0) is 85.9 Å². The summed E-state index contributed by atoms with van der Waals surface area (Å²) in [6.07, 6.45) is 6.43. The minimum absolute atomic E-state index is 0.0603. The lowest BCUT2D eigenvalue weighted by molar-refractivity contribution is -0.463. The highest BCUT2D eigenvalue weighted by molar-refractivity contribution is 6.08. The number of hydrogen-bond acceptors (Lipinski definition) is 13. The van der Waals surface area contributed by atoms with E-state index in [1.807, 2.05) is 75.4 Å². The van der Waals surface area contributed by atoms with E-state index in [9.17, 15) is 40.2 Å². The minimum atomic E-state index is -1.53. The Labute approximate surface area is 445 Å². The molecule has 16 heteroatoms. The maximum atomic E-state index is 14.0. The van der Waals surface area contributed by atoms with Crippen LogP contribution in [0.4, 0.5) is 11.4 Å². The molecule has 0 aliphatic carbocycles. The number of carbonyl (C=O) groups is 2. The molecule has 0 saturated carbocycles. The van der Waals surface area contributed by atoms with Gasteiger partial charge in [0.05, 0.1) is 36.9 Å². The van der Waals surface area contributed by atoms with Gasteiger partial charge in [-0.25, -0.2) is 0 Å². The Bertz CT molecular complexity index is 2860. The van der Waals surface area contributed by atoms with Gasteiger partial charge < -0.3 is 65.1 Å². The van der Waals surface area contributed by atoms with Gasteiger partial charge in [-0.2, -0.15) is 4.58 Å². The number of aliphatic hydroxyl groups is 6. The molecule has 0 bridgehead atoms. The largest absolute Gasteiger partial charge is 0.394 e. The van der Waals surface area contributed by atoms with Crippen molar-refractivity contribution >= 4 is 50.4 Å². The summed E-state index contributed by atoms with van der Waals surface area (Å²) in [4.78, 5) is 30.1. The van der Waals surface area contributed by atoms with Crippen molar-refractivity contribution in [3.05, 3.63) is 132 Å². The van der Waals surface area contributed by atoms with Gasteiger partial charge in [0.1, 0.15) is 36.6 Å². The molecule has 4 aliphatic rings. The van der Waals surface area contributed by atoms with Crippen LogP contribution in [0.3, 0.4) is 0 Å². The summed E-state index contributed by atoms with van der Waals surface area (Å²) < 4.78 is 24.7. The van der Waals surface area contributed by atoms with Crippen LogP contribution in [0, 0.1) is 0 Å². The number of carbonyl (C=O) groups excluding carboxylic acids is 2. The minimum Gasteiger partial charge on any atom is -0.394 e. The normalized spacial score (nSPS) is 27.5. The first-order valence-corrected chi connectivity index (χ1v) is 26.7. The van der Waals surface area contributed by atoms with Crippen molar-refractivity contribution in [3.8, 4) is 0 Å². The molecule has 8 rings (SSSR count). The van der Waals surface area contributed by atoms with Crippen LogP contribution in [-0.4, -0.2) is 159 Å². The Hall–Kier alpha value is -5.63. The maximum Gasteiger partial charge on any atom is 0.288 e. The summed E-state index contributed by atoms with van der Waals surface area (Å²) in [6, 6.07) is 23.8. The van der Waals surface area contributed by atoms with Crippen LogP contribution in [0.5, 0.6) is 0 Å². The average molecular weight is 1050 g/mol. The van der Waals surface area contributed by atoms with Crippen LogP contribution in [-0.2, 0) is 39.4 Å². The van der Waals surface area contributed by atoms with E-state index < -0.39 is 78.5 Å². The van der Waals surface area contributed by atoms with Gasteiger partial charge in [-0.15, -0.1) is 0 Å². The molecule has 408 valence electrons. The smallest absolute Gasteiger partial charge is 0.288 e. The molecule has 2 fully saturated rings. The summed E-state index contributed by atoms with van der Waals surface area (Å²) in [5.41, 5.74) is 5.17. The van der Waals surface area contributed by atoms with Gasteiger partial charge in [0.2, 0.25) is 17.6 Å². The maximum absolute atomic E-state index is 14.0. The molecule has 11 atom stereocenters. The van der Waals surface area contributed by atoms with E-state index in [4.69, 9.17) is 18.9 Å². The lowest BCUT2D eigenvalue weighted by Gasteiger charge is -2.39. The SMILES string of the molecule is CC(C(=O)NCCCO[C@@H]1[C@@H](O)C[C@@H](CO)O[C@@H]1C)N1/C(=C/C=C/C=C/C=C/C2=[N+](C(C)C(=O)NCCCO[C@@H]3[C@@H](O)[C@H](O)[C@@H](CO)O[C@@H]3O)c3ccc4ccccc4c3C2(C)C)C(C)(C)c2c1ccc1ccccc21. The Morgan fingerprint density at radius 2 is 1.34 bits per heavy atom. The predicted octanol–water partition coefficient (Wildman–Crippen LogP) is 5.24. The third-order valence-electron chi connectivity index (χ3n) is 15.5. The number of aliphatic hydroxyl groups excluding tert-OH is 6. The van der Waals surface area contributed by atoms with Crippen molar-refractivity contribution in [2.75, 3.05) is 44.4 Å². The number of anilines is 1. The number of hydrogen-bond donors (Lipinski definition) is 8. The average Bonchev–Trinajstić information content (AvgIpc) is 3.86. The molecule has 4 heterocycles. The van der Waals surface area contributed by atoms with E-state index in [0.29, 0.717) is 32.4 Å². The van der Waals surface area contributed by atoms with Gasteiger partial charge in [-0.1, -0.05) is 98.8 Å². The number of allylic oxidation sites excluding steroid dienone is 8. The van der Waals surface area contributed by atoms with E-state index in [-0.39, 0.29) is 37.7 Å². The van der Waals surface area contributed by atoms with Crippen LogP contribution >= 0.6 is 0 Å². The van der Waals surface area contributed by atoms with E-state index in [1.165, 1.54) is 0 Å². The molecule has 2 amide bonds. The Morgan fingerprint density at radius 1 is 0.737 bits per heavy atom. The van der Waals surface area contributed by atoms with Crippen LogP contribution in [0.1, 0.15) is 78.9 Å². The summed E-state index contributed by atoms with van der Waals surface area (Å²) in [6.45, 7) is 14.7. The molecule has 16 nitrogen and oxygen atoms in total. The zero-order valence-electron chi connectivity index (χ0n) is 44.7. The standard InChI is InChI=1S/C60H76N4O12/c1-36(56(70)61-29-17-31-73-54-38(3)75-41(34-65)33-46(54)67)63-44-27-25-39-19-13-15-21-42(39)50(44)59(4,5)48(63)23-11-9-8-10-12-24-49-60(6,7)51-43-22-16-14-20-40(43)26-28-45(51)64(49)37(2)57(71)62-30-18-32-74-55-53(69)52(68)47(35-66)76-58(55)72/h8-16,19-28,36-38,41,46-47,52-55,58,65-69,72H,17-18,29-35H2,1-7H3,(H-,61,62,70,71)/p+1/t36?,37?,38-,41+,46+,47-,52-,53+,54+,55-,58+/m1/s1. The highest BCUT2D eigenvalue weighted by Gasteiger charge is 2.49. The van der Waals surface area contributed by atoms with E-state index in [2.05, 4.69) is 108 Å². The molecule has 76 heavy (non-hydrogen) atoms. The fraction of sp³-hybridized carbons (Fsp3) is 0.483. The summed E-state index contributed by atoms with van der Waals surface area (Å²) >= 11 is 0. The Balaban J connectivity index is 0.965. The second-order valence-corrected chi connectivity index (χ2v) is 21.4. The zero-order chi connectivity index (χ0) is 54.5. The second kappa shape index (κ2) is 24.4. The molecule has 0 spiro atoms. The summed E-state index contributed by atoms with van der Waals surface area (Å²) in [5.74, 6) is -0.327. The van der Waals surface area contributed by atoms with Crippen molar-refractivity contribution in [2.45, 2.75) is 146 Å². The molecule has 8 N–H and O–H groups in total. The first-order valence-electron chi connectivity index (χ1n) is 26.7. The topological polar surface area (TPSA) is 223 Å². The number of nitrogens with one attached hydrogen (secondary N) is 2. The number of benzene rings is 4. The first kappa shape index (κ1) is 56.6.